The van der Waals surface area contributed by atoms with Crippen LogP contribution in [0.25, 0.3) is 0 Å². The molecule has 0 heterocycles. The van der Waals surface area contributed by atoms with Crippen LogP contribution in [0, 0.1) is 5.41 Å². The van der Waals surface area contributed by atoms with Crippen molar-refractivity contribution in [2.24, 2.45) is 5.73 Å². The Morgan fingerprint density at radius 1 is 1.10 bits per heavy atom. The highest BCUT2D eigenvalue weighted by molar-refractivity contribution is 9.10. The molecule has 0 radical (unpaired) electrons. The Labute approximate surface area is 134 Å². The lowest BCUT2D eigenvalue weighted by atomic mass is 10.1. The summed E-state index contributed by atoms with van der Waals surface area (Å²) in [6.45, 7) is 4.23. The van der Waals surface area contributed by atoms with E-state index in [2.05, 4.69) is 54.0 Å². The van der Waals surface area contributed by atoms with E-state index in [1.165, 1.54) is 11.1 Å². The lowest BCUT2D eigenvalue weighted by Crippen LogP contribution is -2.32. The van der Waals surface area contributed by atoms with E-state index < -0.39 is 0 Å². The quantitative estimate of drug-likeness (QED) is 0.628. The third kappa shape index (κ3) is 3.45. The van der Waals surface area contributed by atoms with Crippen molar-refractivity contribution in [2.75, 3.05) is 4.90 Å². The van der Waals surface area contributed by atoms with Gasteiger partial charge in [0.15, 0.2) is 5.96 Å². The third-order valence-electron chi connectivity index (χ3n) is 3.48. The van der Waals surface area contributed by atoms with Gasteiger partial charge in [0.05, 0.1) is 5.69 Å². The Hall–Kier alpha value is -1.81. The summed E-state index contributed by atoms with van der Waals surface area (Å²) in [5.41, 5.74) is 10.1. The summed E-state index contributed by atoms with van der Waals surface area (Å²) in [5.74, 6) is 0.0113. The van der Waals surface area contributed by atoms with Crippen molar-refractivity contribution in [3.05, 3.63) is 58.1 Å². The molecule has 0 bridgehead atoms. The molecule has 0 saturated carbocycles. The second kappa shape index (κ2) is 6.76. The van der Waals surface area contributed by atoms with Gasteiger partial charge in [-0.3, -0.25) is 10.3 Å². The monoisotopic (exact) mass is 345 g/mol. The Morgan fingerprint density at radius 2 is 1.76 bits per heavy atom. The number of benzene rings is 2. The summed E-state index contributed by atoms with van der Waals surface area (Å²) in [4.78, 5) is 1.77. The lowest BCUT2D eigenvalue weighted by Gasteiger charge is -2.25. The zero-order chi connectivity index (χ0) is 15.4. The summed E-state index contributed by atoms with van der Waals surface area (Å²) in [6.07, 6.45) is 1.90. The van der Waals surface area contributed by atoms with Gasteiger partial charge in [0.2, 0.25) is 0 Å². The molecule has 0 aliphatic carbocycles. The maximum Gasteiger partial charge on any atom is 0.197 e. The normalized spacial score (nSPS) is 10.4. The first-order valence-electron chi connectivity index (χ1n) is 7.08. The fourth-order valence-electron chi connectivity index (χ4n) is 2.27. The van der Waals surface area contributed by atoms with E-state index >= 15 is 0 Å². The van der Waals surface area contributed by atoms with Crippen molar-refractivity contribution < 1.29 is 0 Å². The maximum atomic E-state index is 7.96. The Balaban J connectivity index is 2.55. The second-order valence-electron chi connectivity index (χ2n) is 4.88. The molecule has 0 unspecified atom stereocenters. The van der Waals surface area contributed by atoms with Crippen molar-refractivity contribution >= 4 is 33.3 Å². The van der Waals surface area contributed by atoms with Gasteiger partial charge < -0.3 is 5.73 Å². The van der Waals surface area contributed by atoms with E-state index in [0.717, 1.165) is 28.7 Å². The van der Waals surface area contributed by atoms with Crippen LogP contribution in [0.5, 0.6) is 0 Å². The van der Waals surface area contributed by atoms with Crippen molar-refractivity contribution in [1.29, 1.82) is 5.41 Å². The number of guanidine groups is 1. The molecule has 0 aliphatic heterocycles. The number of aryl methyl sites for hydroxylation is 2. The van der Waals surface area contributed by atoms with E-state index in [9.17, 15) is 0 Å². The van der Waals surface area contributed by atoms with Gasteiger partial charge in [0.25, 0.3) is 0 Å². The standard InChI is InChI=1S/C17H20BrN3/c1-3-12-6-5-7-14(10-12)21(17(19)20)16-11-13(4-2)8-9-15(16)18/h5-11H,3-4H2,1-2H3,(H3,19,20). The van der Waals surface area contributed by atoms with Gasteiger partial charge in [-0.05, 0) is 64.2 Å². The Kier molecular flexibility index (Phi) is 5.02. The van der Waals surface area contributed by atoms with Crippen LogP contribution in [0.15, 0.2) is 46.9 Å². The number of hydrogen-bond donors (Lipinski definition) is 2. The average molecular weight is 346 g/mol. The molecule has 2 rings (SSSR count). The van der Waals surface area contributed by atoms with Gasteiger partial charge >= 0.3 is 0 Å². The van der Waals surface area contributed by atoms with E-state index in [0.29, 0.717) is 0 Å². The van der Waals surface area contributed by atoms with Crippen LogP contribution in [0.3, 0.4) is 0 Å². The summed E-state index contributed by atoms with van der Waals surface area (Å²) in [5, 5.41) is 7.96. The zero-order valence-electron chi connectivity index (χ0n) is 12.4. The lowest BCUT2D eigenvalue weighted by molar-refractivity contribution is 1.12. The molecule has 0 saturated heterocycles. The molecule has 21 heavy (non-hydrogen) atoms. The van der Waals surface area contributed by atoms with Crippen LogP contribution >= 0.6 is 15.9 Å². The highest BCUT2D eigenvalue weighted by Gasteiger charge is 2.16. The van der Waals surface area contributed by atoms with E-state index in [4.69, 9.17) is 11.1 Å². The average Bonchev–Trinajstić information content (AvgIpc) is 2.49. The fourth-order valence-corrected chi connectivity index (χ4v) is 2.70. The SMILES string of the molecule is CCc1cccc(N(C(=N)N)c2cc(CC)ccc2Br)c1. The molecular weight excluding hydrogens is 326 g/mol. The van der Waals surface area contributed by atoms with Gasteiger partial charge in [-0.15, -0.1) is 0 Å². The molecule has 0 aromatic heterocycles. The molecular formula is C17H20BrN3. The minimum atomic E-state index is 0.0113. The molecule has 0 fully saturated rings. The predicted octanol–water partition coefficient (Wildman–Crippen LogP) is 4.61. The van der Waals surface area contributed by atoms with Gasteiger partial charge in [0.1, 0.15) is 0 Å². The minimum absolute atomic E-state index is 0.0113. The number of nitrogens with one attached hydrogen (secondary N) is 1. The van der Waals surface area contributed by atoms with E-state index in [1.807, 2.05) is 18.2 Å². The first-order valence-corrected chi connectivity index (χ1v) is 7.87. The van der Waals surface area contributed by atoms with Crippen molar-refractivity contribution in [3.8, 4) is 0 Å². The van der Waals surface area contributed by atoms with Crippen LogP contribution < -0.4 is 10.6 Å². The molecule has 3 N–H and O–H groups in total. The first kappa shape index (κ1) is 15.6. The predicted molar refractivity (Wildman–Crippen MR) is 93.4 cm³/mol. The van der Waals surface area contributed by atoms with Crippen molar-refractivity contribution in [3.63, 3.8) is 0 Å². The van der Waals surface area contributed by atoms with Crippen molar-refractivity contribution in [1.82, 2.24) is 0 Å². The van der Waals surface area contributed by atoms with E-state index in [-0.39, 0.29) is 5.96 Å². The van der Waals surface area contributed by atoms with Crippen LogP contribution in [-0.2, 0) is 12.8 Å². The largest absolute Gasteiger partial charge is 0.369 e. The summed E-state index contributed by atoms with van der Waals surface area (Å²) < 4.78 is 0.928. The highest BCUT2D eigenvalue weighted by Crippen LogP contribution is 2.33. The molecule has 0 amide bonds. The molecule has 110 valence electrons. The molecule has 2 aromatic rings. The number of halogens is 1. The van der Waals surface area contributed by atoms with Crippen LogP contribution in [0.2, 0.25) is 0 Å². The van der Waals surface area contributed by atoms with Gasteiger partial charge in [0, 0.05) is 10.2 Å². The number of nitrogens with two attached hydrogens (primary N) is 1. The molecule has 0 aliphatic rings. The maximum absolute atomic E-state index is 7.96. The molecule has 3 nitrogen and oxygen atoms in total. The van der Waals surface area contributed by atoms with Crippen LogP contribution in [0.4, 0.5) is 11.4 Å². The Morgan fingerprint density at radius 3 is 2.38 bits per heavy atom. The van der Waals surface area contributed by atoms with Crippen molar-refractivity contribution in [2.45, 2.75) is 26.7 Å². The molecule has 0 atom stereocenters. The first-order chi connectivity index (χ1) is 10.1. The minimum Gasteiger partial charge on any atom is -0.369 e. The summed E-state index contributed by atoms with van der Waals surface area (Å²) in [6, 6.07) is 14.3. The zero-order valence-corrected chi connectivity index (χ0v) is 13.9. The van der Waals surface area contributed by atoms with Gasteiger partial charge in [-0.25, -0.2) is 0 Å². The summed E-state index contributed by atoms with van der Waals surface area (Å²) in [7, 11) is 0. The fraction of sp³-hybridized carbons (Fsp3) is 0.235. The Bertz CT molecular complexity index is 652. The number of rotatable bonds is 4. The number of nitrogens with zero attached hydrogens (tertiary/aromatic N) is 1. The topological polar surface area (TPSA) is 53.1 Å². The number of anilines is 2. The van der Waals surface area contributed by atoms with Crippen LogP contribution in [0.1, 0.15) is 25.0 Å². The van der Waals surface area contributed by atoms with Gasteiger partial charge in [-0.1, -0.05) is 32.0 Å². The third-order valence-corrected chi connectivity index (χ3v) is 4.15. The molecule has 4 heteroatoms. The van der Waals surface area contributed by atoms with Crippen LogP contribution in [-0.4, -0.2) is 5.96 Å². The molecule has 2 aromatic carbocycles. The van der Waals surface area contributed by atoms with Gasteiger partial charge in [-0.2, -0.15) is 0 Å². The van der Waals surface area contributed by atoms with E-state index in [1.54, 1.807) is 4.90 Å². The summed E-state index contributed by atoms with van der Waals surface area (Å²) >= 11 is 3.57. The smallest absolute Gasteiger partial charge is 0.197 e. The second-order valence-corrected chi connectivity index (χ2v) is 5.74. The number of hydrogen-bond acceptors (Lipinski definition) is 1. The highest BCUT2D eigenvalue weighted by atomic mass is 79.9. The molecule has 0 spiro atoms.